The van der Waals surface area contributed by atoms with Gasteiger partial charge < -0.3 is 10.2 Å². The molecule has 0 aromatic heterocycles. The maximum absolute atomic E-state index is 12.2. The van der Waals surface area contributed by atoms with Gasteiger partial charge in [0.05, 0.1) is 16.9 Å². The minimum Gasteiger partial charge on any atom is -0.478 e. The Morgan fingerprint density at radius 3 is 2.29 bits per heavy atom. The molecule has 21 heavy (non-hydrogen) atoms. The van der Waals surface area contributed by atoms with E-state index in [-0.39, 0.29) is 30.3 Å². The number of nitrogens with zero attached hydrogens (tertiary/aromatic N) is 1. The Labute approximate surface area is 123 Å². The highest BCUT2D eigenvalue weighted by molar-refractivity contribution is 7.88. The molecule has 1 aromatic rings. The first-order valence-corrected chi connectivity index (χ1v) is 8.43. The third-order valence-corrected chi connectivity index (χ3v) is 5.92. The fraction of sp³-hybridized carbons (Fsp3) is 0.500. The van der Waals surface area contributed by atoms with Crippen LogP contribution in [0.15, 0.2) is 24.3 Å². The Kier molecular flexibility index (Phi) is 3.31. The van der Waals surface area contributed by atoms with Crippen LogP contribution in [0.2, 0.25) is 0 Å². The number of hydrogen-bond donors (Lipinski definition) is 2. The average molecular weight is 311 g/mol. The fourth-order valence-corrected chi connectivity index (χ4v) is 4.32. The Morgan fingerprint density at radius 1 is 1.24 bits per heavy atom. The van der Waals surface area contributed by atoms with Gasteiger partial charge in [0.25, 0.3) is 0 Å². The van der Waals surface area contributed by atoms with Gasteiger partial charge in [0, 0.05) is 13.1 Å². The van der Waals surface area contributed by atoms with Crippen molar-refractivity contribution in [2.75, 3.05) is 13.1 Å². The largest absolute Gasteiger partial charge is 0.478 e. The molecule has 1 saturated carbocycles. The lowest BCUT2D eigenvalue weighted by molar-refractivity contribution is -0.0765. The zero-order chi connectivity index (χ0) is 15.3. The molecule has 0 radical (unpaired) electrons. The van der Waals surface area contributed by atoms with Crippen molar-refractivity contribution in [3.8, 4) is 0 Å². The van der Waals surface area contributed by atoms with E-state index in [9.17, 15) is 18.3 Å². The van der Waals surface area contributed by atoms with Crippen molar-refractivity contribution in [3.63, 3.8) is 0 Å². The van der Waals surface area contributed by atoms with Crippen molar-refractivity contribution in [1.82, 2.24) is 4.31 Å². The molecule has 7 heteroatoms. The van der Waals surface area contributed by atoms with Crippen LogP contribution in [0.4, 0.5) is 0 Å². The standard InChI is InChI=1S/C14H17NO5S/c16-13(17)11-3-1-10(2-4-11)7-21(19,20)15-8-14(18,9-15)12-5-6-12/h1-4,12,18H,5-9H2,(H,16,17). The zero-order valence-corrected chi connectivity index (χ0v) is 12.2. The molecule has 1 aromatic carbocycles. The molecule has 0 unspecified atom stereocenters. The quantitative estimate of drug-likeness (QED) is 0.833. The van der Waals surface area contributed by atoms with E-state index in [1.54, 1.807) is 0 Å². The van der Waals surface area contributed by atoms with Crippen LogP contribution in [0.25, 0.3) is 0 Å². The Hall–Kier alpha value is -1.44. The Morgan fingerprint density at radius 2 is 1.81 bits per heavy atom. The number of carbonyl (C=O) groups is 1. The second-order valence-corrected chi connectivity index (χ2v) is 7.87. The van der Waals surface area contributed by atoms with Gasteiger partial charge >= 0.3 is 5.97 Å². The number of carboxylic acid groups (broad SMARTS) is 1. The molecule has 1 saturated heterocycles. The molecule has 2 aliphatic rings. The van der Waals surface area contributed by atoms with Gasteiger partial charge in [-0.3, -0.25) is 0 Å². The lowest BCUT2D eigenvalue weighted by Crippen LogP contribution is -2.64. The second kappa shape index (κ2) is 4.79. The van der Waals surface area contributed by atoms with Crippen LogP contribution in [0.3, 0.4) is 0 Å². The summed E-state index contributed by atoms with van der Waals surface area (Å²) in [6.45, 7) is 0.348. The van der Waals surface area contributed by atoms with Crippen molar-refractivity contribution >= 4 is 16.0 Å². The lowest BCUT2D eigenvalue weighted by Gasteiger charge is -2.45. The van der Waals surface area contributed by atoms with E-state index in [2.05, 4.69) is 0 Å². The van der Waals surface area contributed by atoms with Gasteiger partial charge in [0.1, 0.15) is 0 Å². The van der Waals surface area contributed by atoms with Gasteiger partial charge in [-0.05, 0) is 36.5 Å². The minimum absolute atomic E-state index is 0.128. The summed E-state index contributed by atoms with van der Waals surface area (Å²) in [6, 6.07) is 5.80. The first kappa shape index (κ1) is 14.5. The second-order valence-electron chi connectivity index (χ2n) is 5.90. The van der Waals surface area contributed by atoms with Crippen molar-refractivity contribution < 1.29 is 23.4 Å². The smallest absolute Gasteiger partial charge is 0.335 e. The molecule has 1 aliphatic heterocycles. The average Bonchev–Trinajstić information content (AvgIpc) is 3.19. The number of hydrogen-bond acceptors (Lipinski definition) is 4. The van der Waals surface area contributed by atoms with E-state index < -0.39 is 21.6 Å². The van der Waals surface area contributed by atoms with Gasteiger partial charge in [0.2, 0.25) is 10.0 Å². The van der Waals surface area contributed by atoms with Crippen LogP contribution >= 0.6 is 0 Å². The van der Waals surface area contributed by atoms with Gasteiger partial charge in [-0.25, -0.2) is 13.2 Å². The normalized spacial score (nSPS) is 21.8. The summed E-state index contributed by atoms with van der Waals surface area (Å²) in [7, 11) is -3.46. The topological polar surface area (TPSA) is 94.9 Å². The SMILES string of the molecule is O=C(O)c1ccc(CS(=O)(=O)N2CC(O)(C3CC3)C2)cc1. The Bertz CT molecular complexity index is 657. The van der Waals surface area contributed by atoms with Crippen LogP contribution in [0.1, 0.15) is 28.8 Å². The molecule has 0 atom stereocenters. The van der Waals surface area contributed by atoms with Crippen LogP contribution in [-0.2, 0) is 15.8 Å². The summed E-state index contributed by atoms with van der Waals surface area (Å²) in [5.74, 6) is -0.964. The van der Waals surface area contributed by atoms with Crippen molar-refractivity contribution in [2.45, 2.75) is 24.2 Å². The maximum atomic E-state index is 12.2. The molecular formula is C14H17NO5S. The highest BCUT2D eigenvalue weighted by Crippen LogP contribution is 2.45. The van der Waals surface area contributed by atoms with Crippen molar-refractivity contribution in [1.29, 1.82) is 0 Å². The summed E-state index contributed by atoms with van der Waals surface area (Å²) >= 11 is 0. The summed E-state index contributed by atoms with van der Waals surface area (Å²) in [4.78, 5) is 10.7. The summed E-state index contributed by atoms with van der Waals surface area (Å²) in [5.41, 5.74) is -0.162. The summed E-state index contributed by atoms with van der Waals surface area (Å²) in [5, 5.41) is 19.0. The monoisotopic (exact) mass is 311 g/mol. The molecule has 1 aliphatic carbocycles. The molecule has 0 bridgehead atoms. The van der Waals surface area contributed by atoms with Gasteiger partial charge in [0.15, 0.2) is 0 Å². The number of aliphatic hydroxyl groups is 1. The van der Waals surface area contributed by atoms with Gasteiger partial charge in [-0.1, -0.05) is 12.1 Å². The predicted octanol–water partition coefficient (Wildman–Crippen LogP) is 0.671. The number of benzene rings is 1. The minimum atomic E-state index is -3.46. The molecule has 2 N–H and O–H groups in total. The highest BCUT2D eigenvalue weighted by atomic mass is 32.2. The van der Waals surface area contributed by atoms with Crippen LogP contribution in [0, 0.1) is 5.92 Å². The molecule has 2 fully saturated rings. The number of carboxylic acids is 1. The Balaban J connectivity index is 1.65. The first-order chi connectivity index (χ1) is 9.80. The van der Waals surface area contributed by atoms with E-state index in [1.165, 1.54) is 28.6 Å². The molecule has 3 rings (SSSR count). The van der Waals surface area contributed by atoms with E-state index >= 15 is 0 Å². The zero-order valence-electron chi connectivity index (χ0n) is 11.4. The number of aromatic carboxylic acids is 1. The maximum Gasteiger partial charge on any atom is 0.335 e. The van der Waals surface area contributed by atoms with E-state index in [0.717, 1.165) is 12.8 Å². The predicted molar refractivity (Wildman–Crippen MR) is 75.3 cm³/mol. The number of sulfonamides is 1. The van der Waals surface area contributed by atoms with Crippen molar-refractivity contribution in [2.24, 2.45) is 5.92 Å². The molecule has 0 spiro atoms. The molecule has 1 heterocycles. The molecule has 114 valence electrons. The first-order valence-electron chi connectivity index (χ1n) is 6.83. The van der Waals surface area contributed by atoms with Gasteiger partial charge in [-0.15, -0.1) is 0 Å². The van der Waals surface area contributed by atoms with E-state index in [0.29, 0.717) is 5.56 Å². The third-order valence-electron chi connectivity index (χ3n) is 4.18. The van der Waals surface area contributed by atoms with Crippen LogP contribution in [0.5, 0.6) is 0 Å². The summed E-state index contributed by atoms with van der Waals surface area (Å²) < 4.78 is 25.8. The van der Waals surface area contributed by atoms with Crippen LogP contribution < -0.4 is 0 Å². The van der Waals surface area contributed by atoms with E-state index in [4.69, 9.17) is 5.11 Å². The fourth-order valence-electron chi connectivity index (χ4n) is 2.69. The highest BCUT2D eigenvalue weighted by Gasteiger charge is 2.54. The number of β-amino-alcohol motifs (C(OH)–C–C–N with tert-alkyl or cyclic N) is 1. The third kappa shape index (κ3) is 2.81. The molecular weight excluding hydrogens is 294 g/mol. The van der Waals surface area contributed by atoms with E-state index in [1.807, 2.05) is 0 Å². The molecule has 6 nitrogen and oxygen atoms in total. The lowest BCUT2D eigenvalue weighted by atomic mass is 9.91. The summed E-state index contributed by atoms with van der Waals surface area (Å²) in [6.07, 6.45) is 1.95. The van der Waals surface area contributed by atoms with Crippen LogP contribution in [-0.4, -0.2) is 47.6 Å². The van der Waals surface area contributed by atoms with Crippen molar-refractivity contribution in [3.05, 3.63) is 35.4 Å². The molecule has 0 amide bonds. The number of rotatable bonds is 5. The van der Waals surface area contributed by atoms with Gasteiger partial charge in [-0.2, -0.15) is 4.31 Å².